The van der Waals surface area contributed by atoms with E-state index in [4.69, 9.17) is 5.73 Å². The first-order valence-electron chi connectivity index (χ1n) is 9.76. The SMILES string of the molecule is NC(=O)[C@@H](c1ccccc1)N1Cc2cc(ccc2F)C(F)(F)C(F)c2ccccc2C1=O. The first-order valence-corrected chi connectivity index (χ1v) is 9.76. The third-order valence-corrected chi connectivity index (χ3v) is 5.51. The van der Waals surface area contributed by atoms with Crippen molar-refractivity contribution in [2.75, 3.05) is 0 Å². The number of hydrogen-bond acceptors (Lipinski definition) is 2. The Morgan fingerprint density at radius 2 is 1.69 bits per heavy atom. The van der Waals surface area contributed by atoms with E-state index >= 15 is 4.39 Å². The molecule has 0 saturated carbocycles. The maximum absolute atomic E-state index is 15.2. The first-order chi connectivity index (χ1) is 15.2. The summed E-state index contributed by atoms with van der Waals surface area (Å²) in [4.78, 5) is 26.9. The van der Waals surface area contributed by atoms with E-state index < -0.39 is 53.4 Å². The van der Waals surface area contributed by atoms with Crippen molar-refractivity contribution in [2.24, 2.45) is 5.73 Å². The summed E-state index contributed by atoms with van der Waals surface area (Å²) in [5.74, 6) is -6.71. The Labute approximate surface area is 181 Å². The quantitative estimate of drug-likeness (QED) is 0.592. The van der Waals surface area contributed by atoms with Gasteiger partial charge in [0.15, 0.2) is 6.17 Å². The summed E-state index contributed by atoms with van der Waals surface area (Å²) < 4.78 is 59.7. The first kappa shape index (κ1) is 21.5. The number of halogens is 4. The van der Waals surface area contributed by atoms with Crippen LogP contribution < -0.4 is 5.73 Å². The highest BCUT2D eigenvalue weighted by Crippen LogP contribution is 2.45. The molecule has 2 N–H and O–H groups in total. The van der Waals surface area contributed by atoms with Crippen molar-refractivity contribution in [3.8, 4) is 0 Å². The normalized spacial score (nSPS) is 18.6. The fourth-order valence-electron chi connectivity index (χ4n) is 3.91. The molecule has 0 aromatic heterocycles. The molecule has 0 saturated heterocycles. The Balaban J connectivity index is 1.98. The summed E-state index contributed by atoms with van der Waals surface area (Å²) in [5, 5.41) is 0. The standard InChI is InChI=1S/C24H18F4N2O2/c25-19-11-10-16-12-15(19)13-30(20(22(29)31)14-6-2-1-3-7-14)23(32)18-9-5-4-8-17(18)21(26)24(16,27)28/h1-12,20-21H,13H2,(H2,29,31)/t20-,21?/m1/s1. The molecular formula is C24H18F4N2O2. The number of carbonyl (C=O) groups excluding carboxylic acids is 2. The molecule has 3 aromatic carbocycles. The number of nitrogens with zero attached hydrogens (tertiary/aromatic N) is 1. The maximum Gasteiger partial charge on any atom is 0.307 e. The molecule has 1 aliphatic heterocycles. The number of alkyl halides is 3. The zero-order chi connectivity index (χ0) is 23.0. The van der Waals surface area contributed by atoms with Crippen LogP contribution in [0, 0.1) is 5.82 Å². The van der Waals surface area contributed by atoms with E-state index in [2.05, 4.69) is 0 Å². The van der Waals surface area contributed by atoms with Gasteiger partial charge < -0.3 is 10.6 Å². The Hall–Kier alpha value is -3.68. The molecule has 4 rings (SSSR count). The molecule has 2 atom stereocenters. The van der Waals surface area contributed by atoms with Crippen LogP contribution in [0.1, 0.15) is 44.8 Å². The summed E-state index contributed by atoms with van der Waals surface area (Å²) in [5.41, 5.74) is 4.05. The third-order valence-electron chi connectivity index (χ3n) is 5.51. The molecule has 1 aliphatic rings. The van der Waals surface area contributed by atoms with Gasteiger partial charge in [-0.1, -0.05) is 48.5 Å². The van der Waals surface area contributed by atoms with E-state index in [9.17, 15) is 22.8 Å². The van der Waals surface area contributed by atoms with Gasteiger partial charge in [0.25, 0.3) is 5.91 Å². The van der Waals surface area contributed by atoms with Crippen molar-refractivity contribution >= 4 is 11.8 Å². The number of hydrogen-bond donors (Lipinski definition) is 1. The van der Waals surface area contributed by atoms with Crippen LogP contribution >= 0.6 is 0 Å². The minimum atomic E-state index is -4.01. The van der Waals surface area contributed by atoms with Crippen molar-refractivity contribution in [2.45, 2.75) is 24.7 Å². The molecule has 4 nitrogen and oxygen atoms in total. The number of primary amides is 1. The van der Waals surface area contributed by atoms with Crippen LogP contribution in [-0.2, 0) is 17.3 Å². The second-order valence-corrected chi connectivity index (χ2v) is 7.53. The number of fused-ring (bicyclic) bond motifs is 3. The van der Waals surface area contributed by atoms with E-state index in [0.717, 1.165) is 29.2 Å². The fraction of sp³-hybridized carbons (Fsp3) is 0.167. The number of nitrogens with two attached hydrogens (primary N) is 1. The summed E-state index contributed by atoms with van der Waals surface area (Å²) in [6.45, 7) is -0.525. The van der Waals surface area contributed by atoms with Crippen LogP contribution in [0.3, 0.4) is 0 Å². The molecule has 0 fully saturated rings. The van der Waals surface area contributed by atoms with Crippen LogP contribution in [0.2, 0.25) is 0 Å². The summed E-state index contributed by atoms with van der Waals surface area (Å²) >= 11 is 0. The highest BCUT2D eigenvalue weighted by Gasteiger charge is 2.46. The predicted octanol–water partition coefficient (Wildman–Crippen LogP) is 4.81. The van der Waals surface area contributed by atoms with Gasteiger partial charge in [-0.05, 0) is 29.8 Å². The lowest BCUT2D eigenvalue weighted by Gasteiger charge is -2.33. The highest BCUT2D eigenvalue weighted by atomic mass is 19.3. The van der Waals surface area contributed by atoms with Gasteiger partial charge in [0.05, 0.1) is 6.54 Å². The van der Waals surface area contributed by atoms with Crippen molar-refractivity contribution in [3.05, 3.63) is 106 Å². The van der Waals surface area contributed by atoms with E-state index in [1.165, 1.54) is 18.2 Å². The van der Waals surface area contributed by atoms with Gasteiger partial charge in [0.2, 0.25) is 5.91 Å². The molecule has 0 aliphatic carbocycles. The lowest BCUT2D eigenvalue weighted by atomic mass is 9.91. The van der Waals surface area contributed by atoms with Crippen LogP contribution in [0.5, 0.6) is 0 Å². The molecule has 32 heavy (non-hydrogen) atoms. The van der Waals surface area contributed by atoms with Crippen molar-refractivity contribution in [1.29, 1.82) is 0 Å². The smallest absolute Gasteiger partial charge is 0.307 e. The average molecular weight is 442 g/mol. The van der Waals surface area contributed by atoms with Gasteiger partial charge in [-0.25, -0.2) is 8.78 Å². The fourth-order valence-corrected chi connectivity index (χ4v) is 3.91. The number of rotatable bonds is 3. The number of benzene rings is 3. The second-order valence-electron chi connectivity index (χ2n) is 7.53. The second kappa shape index (κ2) is 8.11. The van der Waals surface area contributed by atoms with Gasteiger partial charge in [0, 0.05) is 22.3 Å². The van der Waals surface area contributed by atoms with Crippen LogP contribution in [0.4, 0.5) is 17.6 Å². The molecule has 164 valence electrons. The van der Waals surface area contributed by atoms with Crippen molar-refractivity contribution < 1.29 is 27.2 Å². The Morgan fingerprint density at radius 3 is 2.38 bits per heavy atom. The molecule has 2 bridgehead atoms. The van der Waals surface area contributed by atoms with Crippen molar-refractivity contribution in [1.82, 2.24) is 4.90 Å². The molecule has 1 unspecified atom stereocenters. The monoisotopic (exact) mass is 442 g/mol. The molecule has 0 spiro atoms. The van der Waals surface area contributed by atoms with E-state index in [1.54, 1.807) is 30.3 Å². The summed E-state index contributed by atoms with van der Waals surface area (Å²) in [6.07, 6.45) is -2.87. The zero-order valence-corrected chi connectivity index (χ0v) is 16.6. The minimum Gasteiger partial charge on any atom is -0.368 e. The highest BCUT2D eigenvalue weighted by molar-refractivity contribution is 5.99. The van der Waals surface area contributed by atoms with Crippen LogP contribution in [-0.4, -0.2) is 16.7 Å². The Bertz CT molecular complexity index is 1180. The lowest BCUT2D eigenvalue weighted by Crippen LogP contribution is -2.42. The zero-order valence-electron chi connectivity index (χ0n) is 16.6. The largest absolute Gasteiger partial charge is 0.368 e. The van der Waals surface area contributed by atoms with E-state index in [0.29, 0.717) is 5.56 Å². The van der Waals surface area contributed by atoms with Gasteiger partial charge in [0.1, 0.15) is 11.9 Å². The van der Waals surface area contributed by atoms with Gasteiger partial charge >= 0.3 is 5.92 Å². The summed E-state index contributed by atoms with van der Waals surface area (Å²) in [6, 6.07) is 14.2. The maximum atomic E-state index is 15.2. The van der Waals surface area contributed by atoms with Crippen LogP contribution in [0.25, 0.3) is 0 Å². The lowest BCUT2D eigenvalue weighted by molar-refractivity contribution is -0.123. The number of carbonyl (C=O) groups is 2. The molecule has 3 aromatic rings. The van der Waals surface area contributed by atoms with Gasteiger partial charge in [-0.2, -0.15) is 8.78 Å². The third kappa shape index (κ3) is 3.62. The molecular weight excluding hydrogens is 424 g/mol. The van der Waals surface area contributed by atoms with Crippen molar-refractivity contribution in [3.63, 3.8) is 0 Å². The van der Waals surface area contributed by atoms with Gasteiger partial charge in [-0.15, -0.1) is 0 Å². The summed E-state index contributed by atoms with van der Waals surface area (Å²) in [7, 11) is 0. The number of amides is 2. The Morgan fingerprint density at radius 1 is 1.03 bits per heavy atom. The van der Waals surface area contributed by atoms with E-state index in [1.807, 2.05) is 0 Å². The molecule has 0 radical (unpaired) electrons. The molecule has 1 heterocycles. The Kier molecular flexibility index (Phi) is 5.46. The predicted molar refractivity (Wildman–Crippen MR) is 109 cm³/mol. The molecule has 2 amide bonds. The topological polar surface area (TPSA) is 63.4 Å². The van der Waals surface area contributed by atoms with Gasteiger partial charge in [-0.3, -0.25) is 9.59 Å². The molecule has 8 heteroatoms. The minimum absolute atomic E-state index is 0.288. The van der Waals surface area contributed by atoms with E-state index in [-0.39, 0.29) is 11.1 Å². The van der Waals surface area contributed by atoms with Crippen LogP contribution in [0.15, 0.2) is 72.8 Å². The average Bonchev–Trinajstić information content (AvgIpc) is 2.78.